The molecule has 42 nitrogen and oxygen atoms in total. The number of hydrogen-bond donors (Lipinski definition) is 25. The first kappa shape index (κ1) is 97.5. The predicted molar refractivity (Wildman–Crippen MR) is 466 cm³/mol. The molecular formula is C89H99Cl2N13O29. The highest BCUT2D eigenvalue weighted by atomic mass is 35.5. The summed E-state index contributed by atoms with van der Waals surface area (Å²) in [4.78, 5) is 173. The van der Waals surface area contributed by atoms with Gasteiger partial charge in [-0.1, -0.05) is 85.6 Å². The number of aromatic hydroxyl groups is 4. The Hall–Kier alpha value is -13.1. The molecule has 0 saturated carbocycles. The molecule has 8 aromatic rings. The highest BCUT2D eigenvalue weighted by molar-refractivity contribution is 6.32. The molecule has 44 heteroatoms. The minimum absolute atomic E-state index is 0.0766. The smallest absolute Gasteiger partial charge is 0.326 e. The number of aliphatic hydroxyl groups is 7. The summed E-state index contributed by atoms with van der Waals surface area (Å²) in [6, 6.07) is 8.75. The number of primary amides is 1. The van der Waals surface area contributed by atoms with Crippen LogP contribution in [0.15, 0.2) is 134 Å². The lowest BCUT2D eigenvalue weighted by Gasteiger charge is -2.44. The Balaban J connectivity index is 1.000. The van der Waals surface area contributed by atoms with Gasteiger partial charge in [0, 0.05) is 65.6 Å². The molecule has 0 radical (unpaired) electrons. The molecule has 0 aliphatic carbocycles. The van der Waals surface area contributed by atoms with Crippen LogP contribution >= 0.6 is 23.2 Å². The molecule has 133 heavy (non-hydrogen) atoms. The number of phenolic OH excluding ortho intramolecular Hbond substituents is 4. The van der Waals surface area contributed by atoms with Gasteiger partial charge in [-0.15, -0.1) is 0 Å². The lowest BCUT2D eigenvalue weighted by atomic mass is 9.83. The number of aliphatic hydroxyl groups excluding tert-OH is 7. The van der Waals surface area contributed by atoms with Gasteiger partial charge in [-0.05, 0) is 145 Å². The third-order valence-electron chi connectivity index (χ3n) is 23.5. The summed E-state index contributed by atoms with van der Waals surface area (Å²) in [5.74, 6) is -22.3. The molecule has 15 rings (SSSR count). The summed E-state index contributed by atoms with van der Waals surface area (Å²) < 4.78 is 38.5. The maximum absolute atomic E-state index is 16.6. The van der Waals surface area contributed by atoms with Gasteiger partial charge < -0.3 is 159 Å². The van der Waals surface area contributed by atoms with E-state index >= 15 is 38.4 Å². The van der Waals surface area contributed by atoms with Crippen molar-refractivity contribution in [2.45, 2.75) is 187 Å². The molecule has 27 N–H and O–H groups in total. The second-order valence-corrected chi connectivity index (χ2v) is 34.4. The quantitative estimate of drug-likeness (QED) is 0.0356. The van der Waals surface area contributed by atoms with Crippen molar-refractivity contribution in [2.75, 3.05) is 20.3 Å². The van der Waals surface area contributed by atoms with Crippen molar-refractivity contribution in [3.63, 3.8) is 0 Å². The van der Waals surface area contributed by atoms with Crippen LogP contribution in [0.25, 0.3) is 22.0 Å². The fourth-order valence-corrected chi connectivity index (χ4v) is 16.8. The van der Waals surface area contributed by atoms with Crippen LogP contribution in [0.3, 0.4) is 0 Å². The zero-order valence-electron chi connectivity index (χ0n) is 71.5. The Labute approximate surface area is 766 Å². The second-order valence-electron chi connectivity index (χ2n) is 33.6. The van der Waals surface area contributed by atoms with Crippen molar-refractivity contribution in [3.05, 3.63) is 183 Å². The lowest BCUT2D eigenvalue weighted by molar-refractivity contribution is -0.277. The summed E-state index contributed by atoms with van der Waals surface area (Å²) in [6.07, 6.45) is -20.2. The maximum Gasteiger partial charge on any atom is 0.326 e. The van der Waals surface area contributed by atoms with Gasteiger partial charge in [-0.25, -0.2) is 4.79 Å². The number of ether oxygens (including phenoxy) is 6. The number of carboxylic acid groups (broad SMARTS) is 1. The summed E-state index contributed by atoms with van der Waals surface area (Å²) in [6.45, 7) is 3.20. The fourth-order valence-electron chi connectivity index (χ4n) is 16.4. The van der Waals surface area contributed by atoms with Gasteiger partial charge in [0.25, 0.3) is 11.8 Å². The number of para-hydroxylation sites is 1. The van der Waals surface area contributed by atoms with Crippen LogP contribution < -0.4 is 78.8 Å². The minimum atomic E-state index is -3.81. The summed E-state index contributed by atoms with van der Waals surface area (Å²) in [5.41, 5.74) is 6.24. The first-order chi connectivity index (χ1) is 63.1. The van der Waals surface area contributed by atoms with Crippen LogP contribution in [0.2, 0.25) is 10.0 Å². The monoisotopic (exact) mass is 1880 g/mol. The third kappa shape index (κ3) is 21.2. The van der Waals surface area contributed by atoms with E-state index in [1.54, 1.807) is 38.1 Å². The van der Waals surface area contributed by atoms with E-state index in [1.165, 1.54) is 69.6 Å². The van der Waals surface area contributed by atoms with E-state index < -0.39 is 292 Å². The topological polar surface area (TPSA) is 674 Å². The number of phenols is 4. The molecule has 0 unspecified atom stereocenters. The van der Waals surface area contributed by atoms with Crippen LogP contribution in [0, 0.1) is 5.92 Å². The zero-order valence-corrected chi connectivity index (χ0v) is 73.1. The number of nitrogens with two attached hydrogens (primary N) is 2. The Kier molecular flexibility index (Phi) is 29.7. The van der Waals surface area contributed by atoms with Gasteiger partial charge in [0.1, 0.15) is 113 Å². The van der Waals surface area contributed by atoms with Gasteiger partial charge >= 0.3 is 5.97 Å². The fraction of sp³-hybridized carbons (Fsp3) is 0.382. The number of carbonyl (C=O) groups excluding carboxylic acids is 10. The molecule has 7 aromatic carbocycles. The average molecular weight is 1890 g/mol. The number of likely N-dealkylation sites (N-methyl/N-ethyl adjacent to an activating group) is 1. The third-order valence-corrected chi connectivity index (χ3v) is 24.1. The average Bonchev–Trinajstić information content (AvgIpc) is 1.61. The normalized spacial score (nSPS) is 25.8. The summed E-state index contributed by atoms with van der Waals surface area (Å²) in [5, 5.41) is 160. The molecule has 8 heterocycles. The van der Waals surface area contributed by atoms with E-state index in [2.05, 4.69) is 58.2 Å². The highest BCUT2D eigenvalue weighted by Gasteiger charge is 2.57. The molecule has 1 aromatic heterocycles. The van der Waals surface area contributed by atoms with E-state index in [1.807, 2.05) is 0 Å². The molecule has 708 valence electrons. The largest absolute Gasteiger partial charge is 0.508 e. The number of nitrogens with one attached hydrogen (secondary N) is 11. The van der Waals surface area contributed by atoms with Gasteiger partial charge in [0.15, 0.2) is 17.8 Å². The number of H-pyrrole nitrogens is 1. The standard InChI is InChI=1S/C89H99Cl2N13O29/c1-36(2)20-52(94-5)80(120)104-89(87(127)100-56(34-105)79(119)97-53(26-43-32-95-51-9-7-6-8-47(43)51)77(117)98-55(84(124)125)21-38-10-15-45(107)16-11-38)76(116)41-14-19-60(50(91)25-41)130-62-28-42-27-61(74(62)133-85-72(114)71(113)70(112)63(35-106)131-85)129-59-18-13-40(24-49(59)90)73(132-65-31-88(4,93)75(115)37(3)128-65)69-81(121)96-33-44-22-46(108)29-58(110)66(44)48-23-39(12-17-57(48)109)67(82(122)103-69)102-83(123)68(42)101-78(118)54(30-64(92)111)99-86(89)126/h6-19,22-25,27-29,32,36-37,52-56,63,65,67-73,75-76,85,94-95,105-110,112-116H,20-21,26,30-31,33-35,93H2,1-5H3,(H2,92,111)(H,96,121)(H,97,119)(H,98,117)(H,99,126)(H,100,127)(H,101,118)(H,102,123)(H,103,122)(H,104,120)(H,124,125)/t37-,52+,53-,54-,55-,56-,63+,65-,67+,68+,69-,70+,71-,72+,73+,75-,76+,85-,88-,89+/m0/s1. The van der Waals surface area contributed by atoms with Crippen molar-refractivity contribution < 1.29 is 142 Å². The molecule has 20 atom stereocenters. The van der Waals surface area contributed by atoms with E-state index in [0.29, 0.717) is 22.0 Å². The molecule has 10 amide bonds. The molecular weight excluding hydrogens is 1790 g/mol. The van der Waals surface area contributed by atoms with E-state index in [0.717, 1.165) is 60.7 Å². The molecule has 2 fully saturated rings. The van der Waals surface area contributed by atoms with Crippen molar-refractivity contribution in [1.82, 2.24) is 58.2 Å². The number of halogens is 2. The number of carboxylic acids is 1. The number of carbonyl (C=O) groups is 11. The maximum atomic E-state index is 16.6. The van der Waals surface area contributed by atoms with Crippen LogP contribution in [0.4, 0.5) is 0 Å². The number of rotatable bonds is 24. The van der Waals surface area contributed by atoms with Gasteiger partial charge in [-0.2, -0.15) is 0 Å². The summed E-state index contributed by atoms with van der Waals surface area (Å²) in [7, 11) is 1.30. The Morgan fingerprint density at radius 3 is 1.91 bits per heavy atom. The number of aromatic amines is 1. The van der Waals surface area contributed by atoms with E-state index in [4.69, 9.17) is 63.1 Å². The number of aliphatic carboxylic acids is 1. The number of benzene rings is 7. The number of aromatic nitrogens is 1. The first-order valence-corrected chi connectivity index (χ1v) is 42.6. The highest BCUT2D eigenvalue weighted by Crippen LogP contribution is 2.50. The number of amides is 10. The van der Waals surface area contributed by atoms with Crippen molar-refractivity contribution >= 4 is 99.1 Å². The number of hydrogen-bond acceptors (Lipinski definition) is 30. The Morgan fingerprint density at radius 2 is 1.27 bits per heavy atom. The molecule has 11 bridgehead atoms. The van der Waals surface area contributed by atoms with Gasteiger partial charge in [0.05, 0.1) is 47.9 Å². The molecule has 7 aliphatic rings. The van der Waals surface area contributed by atoms with Gasteiger partial charge in [-0.3, -0.25) is 47.9 Å². The van der Waals surface area contributed by atoms with Crippen LogP contribution in [-0.4, -0.2) is 248 Å². The van der Waals surface area contributed by atoms with E-state index in [9.17, 15) is 75.7 Å². The minimum Gasteiger partial charge on any atom is -0.508 e. The molecule has 2 saturated heterocycles. The number of fused-ring (bicyclic) bond motifs is 16. The Bertz CT molecular complexity index is 5810. The summed E-state index contributed by atoms with van der Waals surface area (Å²) >= 11 is 14.6. The zero-order chi connectivity index (χ0) is 96.3. The molecule has 7 aliphatic heterocycles. The van der Waals surface area contributed by atoms with Crippen molar-refractivity contribution in [2.24, 2.45) is 17.4 Å². The SMILES string of the molecule is CN[C@H](CC(C)C)C(=O)N[C@@]1(C(=O)N[C@@H](CO)C(=O)N[C@@H](Cc2c[nH]c3ccccc23)C(=O)N[C@@H](Cc2ccc(O)cc2)C(=O)O)C(=O)N[C@@H](CC(N)=O)C(=O)N[C@H]2C(=O)N[C@H]3C(=O)N[C@H](C(=O)NCc4cc(O)cc(O)c4-c4cc3ccc4O)[C@H](O[C@H]3C[C@](C)(N)[C@@H](O)[C@H](C)O3)c3ccc(c(Cl)c3)Oc3cc2cc(c3O[C@@H]2O[C@H](CO)[C@@H](O)[C@H](O)[C@H]2O)Oc2ccc(cc2Cl)[C@H]1O. The van der Waals surface area contributed by atoms with Crippen molar-refractivity contribution in [3.8, 4) is 62.9 Å². The van der Waals surface area contributed by atoms with Crippen LogP contribution in [-0.2, 0) is 86.3 Å². The molecule has 0 spiro atoms. The van der Waals surface area contributed by atoms with E-state index in [-0.39, 0.29) is 52.8 Å². The predicted octanol–water partition coefficient (Wildman–Crippen LogP) is 0.0543. The second kappa shape index (κ2) is 40.6. The lowest BCUT2D eigenvalue weighted by Crippen LogP contribution is -2.73. The van der Waals surface area contributed by atoms with Gasteiger partial charge in [0.2, 0.25) is 64.8 Å². The Morgan fingerprint density at radius 1 is 0.639 bits per heavy atom. The van der Waals surface area contributed by atoms with Crippen molar-refractivity contribution in [1.29, 1.82) is 0 Å². The van der Waals surface area contributed by atoms with Crippen LogP contribution in [0.1, 0.15) is 110 Å². The van der Waals surface area contributed by atoms with Crippen LogP contribution in [0.5, 0.6) is 51.7 Å². The first-order valence-electron chi connectivity index (χ1n) is 41.9.